The summed E-state index contributed by atoms with van der Waals surface area (Å²) in [6.45, 7) is 1.94. The summed E-state index contributed by atoms with van der Waals surface area (Å²) in [6.07, 6.45) is 7.24. The number of hydrogen-bond donors (Lipinski definition) is 1. The Hall–Kier alpha value is -1.75. The second-order valence-electron chi connectivity index (χ2n) is 5.08. The van der Waals surface area contributed by atoms with E-state index >= 15 is 0 Å². The first-order valence-corrected chi connectivity index (χ1v) is 6.77. The van der Waals surface area contributed by atoms with E-state index in [4.69, 9.17) is 0 Å². The van der Waals surface area contributed by atoms with E-state index in [-0.39, 0.29) is 12.1 Å². The van der Waals surface area contributed by atoms with Gasteiger partial charge in [0.15, 0.2) is 5.82 Å². The lowest BCUT2D eigenvalue weighted by Gasteiger charge is -2.28. The molecule has 100 valence electrons. The molecule has 1 N–H and O–H groups in total. The van der Waals surface area contributed by atoms with Crippen molar-refractivity contribution >= 4 is 0 Å². The molecule has 1 aliphatic rings. The van der Waals surface area contributed by atoms with Gasteiger partial charge in [0.25, 0.3) is 0 Å². The van der Waals surface area contributed by atoms with Crippen LogP contribution in [0.25, 0.3) is 11.4 Å². The molecule has 0 radical (unpaired) electrons. The van der Waals surface area contributed by atoms with E-state index in [1.807, 2.05) is 23.7 Å². The average Bonchev–Trinajstić information content (AvgIpc) is 2.82. The molecule has 2 atom stereocenters. The standard InChI is InChI=1S/C14H18N4O/c1-10-16-14(11-6-8-15-9-7-11)17-18(10)12-4-2-3-5-13(12)19/h6-9,12-13,19H,2-5H2,1H3/t12-,13-/m1/s1. The average molecular weight is 258 g/mol. The van der Waals surface area contributed by atoms with Gasteiger partial charge in [-0.25, -0.2) is 9.67 Å². The minimum Gasteiger partial charge on any atom is -0.391 e. The highest BCUT2D eigenvalue weighted by molar-refractivity contribution is 5.53. The van der Waals surface area contributed by atoms with Gasteiger partial charge < -0.3 is 5.11 Å². The Morgan fingerprint density at radius 1 is 1.21 bits per heavy atom. The van der Waals surface area contributed by atoms with Gasteiger partial charge in [-0.2, -0.15) is 5.10 Å². The van der Waals surface area contributed by atoms with Crippen LogP contribution < -0.4 is 0 Å². The summed E-state index contributed by atoms with van der Waals surface area (Å²) < 4.78 is 1.89. The van der Waals surface area contributed by atoms with Crippen molar-refractivity contribution in [3.05, 3.63) is 30.4 Å². The predicted molar refractivity (Wildman–Crippen MR) is 71.5 cm³/mol. The summed E-state index contributed by atoms with van der Waals surface area (Å²) in [5, 5.41) is 14.7. The molecule has 0 saturated heterocycles. The Kier molecular flexibility index (Phi) is 3.29. The molecule has 0 aromatic carbocycles. The van der Waals surface area contributed by atoms with E-state index in [1.165, 1.54) is 0 Å². The van der Waals surface area contributed by atoms with Gasteiger partial charge in [0.1, 0.15) is 5.82 Å². The van der Waals surface area contributed by atoms with Gasteiger partial charge in [-0.3, -0.25) is 4.98 Å². The molecule has 5 nitrogen and oxygen atoms in total. The first-order chi connectivity index (χ1) is 9.25. The van der Waals surface area contributed by atoms with Gasteiger partial charge in [-0.05, 0) is 31.9 Å². The molecule has 1 fully saturated rings. The third-order valence-corrected chi connectivity index (χ3v) is 3.75. The Balaban J connectivity index is 1.93. The smallest absolute Gasteiger partial charge is 0.181 e. The van der Waals surface area contributed by atoms with Crippen LogP contribution in [0.1, 0.15) is 37.5 Å². The SMILES string of the molecule is Cc1nc(-c2ccncc2)nn1[C@@H]1CCCC[C@H]1O. The zero-order chi connectivity index (χ0) is 13.2. The van der Waals surface area contributed by atoms with Crippen LogP contribution in [-0.4, -0.2) is 31.0 Å². The van der Waals surface area contributed by atoms with E-state index in [9.17, 15) is 5.11 Å². The summed E-state index contributed by atoms with van der Waals surface area (Å²) in [6, 6.07) is 3.86. The van der Waals surface area contributed by atoms with Crippen LogP contribution in [0, 0.1) is 6.92 Å². The van der Waals surface area contributed by atoms with Crippen LogP contribution in [0.3, 0.4) is 0 Å². The molecule has 2 aromatic heterocycles. The highest BCUT2D eigenvalue weighted by Crippen LogP contribution is 2.29. The van der Waals surface area contributed by atoms with Crippen LogP contribution >= 0.6 is 0 Å². The van der Waals surface area contributed by atoms with E-state index < -0.39 is 0 Å². The van der Waals surface area contributed by atoms with Crippen LogP contribution in [0.4, 0.5) is 0 Å². The highest BCUT2D eigenvalue weighted by atomic mass is 16.3. The Morgan fingerprint density at radius 2 is 1.95 bits per heavy atom. The van der Waals surface area contributed by atoms with E-state index in [2.05, 4.69) is 15.1 Å². The van der Waals surface area contributed by atoms with Gasteiger partial charge in [-0.15, -0.1) is 0 Å². The van der Waals surface area contributed by atoms with Crippen LogP contribution in [0.5, 0.6) is 0 Å². The predicted octanol–water partition coefficient (Wildman–Crippen LogP) is 2.12. The highest BCUT2D eigenvalue weighted by Gasteiger charge is 2.27. The van der Waals surface area contributed by atoms with Gasteiger partial charge >= 0.3 is 0 Å². The lowest BCUT2D eigenvalue weighted by molar-refractivity contribution is 0.0682. The normalized spacial score (nSPS) is 23.5. The third kappa shape index (κ3) is 2.38. The van der Waals surface area contributed by atoms with Crippen molar-refractivity contribution in [1.29, 1.82) is 0 Å². The summed E-state index contributed by atoms with van der Waals surface area (Å²) in [5.74, 6) is 1.57. The maximum absolute atomic E-state index is 10.1. The molecule has 5 heteroatoms. The molecule has 0 spiro atoms. The van der Waals surface area contributed by atoms with Gasteiger partial charge in [0.2, 0.25) is 0 Å². The van der Waals surface area contributed by atoms with Gasteiger partial charge in [0.05, 0.1) is 12.1 Å². The number of aliphatic hydroxyl groups excluding tert-OH is 1. The minimum absolute atomic E-state index is 0.0665. The molecule has 19 heavy (non-hydrogen) atoms. The molecule has 2 aromatic rings. The van der Waals surface area contributed by atoms with Crippen LogP contribution in [-0.2, 0) is 0 Å². The molecule has 1 aliphatic carbocycles. The second kappa shape index (κ2) is 5.09. The molecular formula is C14H18N4O. The van der Waals surface area contributed by atoms with Crippen LogP contribution in [0.2, 0.25) is 0 Å². The monoisotopic (exact) mass is 258 g/mol. The molecule has 0 bridgehead atoms. The van der Waals surface area contributed by atoms with Gasteiger partial charge in [-0.1, -0.05) is 12.8 Å². The molecule has 0 unspecified atom stereocenters. The zero-order valence-electron chi connectivity index (χ0n) is 11.0. The van der Waals surface area contributed by atoms with Crippen molar-refractivity contribution in [1.82, 2.24) is 19.7 Å². The summed E-state index contributed by atoms with van der Waals surface area (Å²) in [5.41, 5.74) is 0.960. The van der Waals surface area contributed by atoms with Crippen molar-refractivity contribution in [2.75, 3.05) is 0 Å². The lowest BCUT2D eigenvalue weighted by atomic mass is 9.93. The fourth-order valence-electron chi connectivity index (χ4n) is 2.72. The Bertz CT molecular complexity index is 552. The number of hydrogen-bond acceptors (Lipinski definition) is 4. The van der Waals surface area contributed by atoms with Crippen molar-refractivity contribution in [3.63, 3.8) is 0 Å². The molecule has 2 heterocycles. The van der Waals surface area contributed by atoms with Crippen LogP contribution in [0.15, 0.2) is 24.5 Å². The number of rotatable bonds is 2. The molecular weight excluding hydrogens is 240 g/mol. The molecule has 0 amide bonds. The van der Waals surface area contributed by atoms with Crippen molar-refractivity contribution < 1.29 is 5.11 Å². The molecule has 1 saturated carbocycles. The number of aromatic nitrogens is 4. The summed E-state index contributed by atoms with van der Waals surface area (Å²) in [4.78, 5) is 8.50. The van der Waals surface area contributed by atoms with E-state index in [1.54, 1.807) is 12.4 Å². The number of nitrogens with zero attached hydrogens (tertiary/aromatic N) is 4. The molecule has 3 rings (SSSR count). The van der Waals surface area contributed by atoms with E-state index in [0.29, 0.717) is 5.82 Å². The van der Waals surface area contributed by atoms with Crippen molar-refractivity contribution in [2.24, 2.45) is 0 Å². The zero-order valence-corrected chi connectivity index (χ0v) is 11.0. The number of aliphatic hydroxyl groups is 1. The lowest BCUT2D eigenvalue weighted by Crippen LogP contribution is -2.29. The third-order valence-electron chi connectivity index (χ3n) is 3.75. The number of aryl methyl sites for hydroxylation is 1. The Labute approximate surface area is 112 Å². The topological polar surface area (TPSA) is 63.8 Å². The maximum atomic E-state index is 10.1. The first kappa shape index (κ1) is 12.3. The quantitative estimate of drug-likeness (QED) is 0.896. The van der Waals surface area contributed by atoms with Crippen molar-refractivity contribution in [2.45, 2.75) is 44.8 Å². The molecule has 0 aliphatic heterocycles. The second-order valence-corrected chi connectivity index (χ2v) is 5.08. The number of pyridine rings is 1. The fraction of sp³-hybridized carbons (Fsp3) is 0.500. The first-order valence-electron chi connectivity index (χ1n) is 6.77. The Morgan fingerprint density at radius 3 is 2.68 bits per heavy atom. The van der Waals surface area contributed by atoms with E-state index in [0.717, 1.165) is 37.1 Å². The summed E-state index contributed by atoms with van der Waals surface area (Å²) >= 11 is 0. The van der Waals surface area contributed by atoms with Crippen molar-refractivity contribution in [3.8, 4) is 11.4 Å². The summed E-state index contributed by atoms with van der Waals surface area (Å²) in [7, 11) is 0. The maximum Gasteiger partial charge on any atom is 0.181 e. The van der Waals surface area contributed by atoms with Gasteiger partial charge in [0, 0.05) is 18.0 Å². The minimum atomic E-state index is -0.306. The fourth-order valence-corrected chi connectivity index (χ4v) is 2.72. The largest absolute Gasteiger partial charge is 0.391 e.